The zero-order valence-electron chi connectivity index (χ0n) is 12.4. The minimum atomic E-state index is 0.296. The van der Waals surface area contributed by atoms with Gasteiger partial charge >= 0.3 is 0 Å². The van der Waals surface area contributed by atoms with Crippen LogP contribution in [-0.2, 0) is 0 Å². The SMILES string of the molecule is CCN(CC)CCCN(CC)CC1C=CC(N)C1. The molecule has 0 aromatic rings. The maximum atomic E-state index is 5.91. The van der Waals surface area contributed by atoms with Crippen LogP contribution in [0.5, 0.6) is 0 Å². The zero-order valence-corrected chi connectivity index (χ0v) is 12.4. The smallest absolute Gasteiger partial charge is 0.0229 e. The van der Waals surface area contributed by atoms with Crippen molar-refractivity contribution in [1.82, 2.24) is 9.80 Å². The first-order valence-electron chi connectivity index (χ1n) is 7.58. The quantitative estimate of drug-likeness (QED) is 0.638. The fourth-order valence-corrected chi connectivity index (χ4v) is 2.71. The summed E-state index contributed by atoms with van der Waals surface area (Å²) in [7, 11) is 0. The van der Waals surface area contributed by atoms with E-state index < -0.39 is 0 Å². The van der Waals surface area contributed by atoms with E-state index in [1.165, 1.54) is 39.1 Å². The maximum absolute atomic E-state index is 5.91. The van der Waals surface area contributed by atoms with Crippen molar-refractivity contribution in [2.45, 2.75) is 39.7 Å². The Hall–Kier alpha value is -0.380. The molecule has 0 heterocycles. The third-order valence-electron chi connectivity index (χ3n) is 3.99. The van der Waals surface area contributed by atoms with E-state index in [0.717, 1.165) is 13.0 Å². The molecule has 3 heteroatoms. The minimum Gasteiger partial charge on any atom is -0.324 e. The van der Waals surface area contributed by atoms with Crippen LogP contribution in [0.3, 0.4) is 0 Å². The number of rotatable bonds is 9. The third-order valence-corrected chi connectivity index (χ3v) is 3.99. The van der Waals surface area contributed by atoms with Gasteiger partial charge in [-0.1, -0.05) is 32.9 Å². The molecule has 0 aliphatic heterocycles. The molecular formula is C15H31N3. The minimum absolute atomic E-state index is 0.296. The summed E-state index contributed by atoms with van der Waals surface area (Å²) in [6, 6.07) is 0.296. The summed E-state index contributed by atoms with van der Waals surface area (Å²) in [5.74, 6) is 0.674. The van der Waals surface area contributed by atoms with Gasteiger partial charge in [-0.15, -0.1) is 0 Å². The lowest BCUT2D eigenvalue weighted by Gasteiger charge is -2.25. The van der Waals surface area contributed by atoms with Gasteiger partial charge in [0.1, 0.15) is 0 Å². The van der Waals surface area contributed by atoms with Crippen molar-refractivity contribution in [3.05, 3.63) is 12.2 Å². The van der Waals surface area contributed by atoms with Gasteiger partial charge in [0.15, 0.2) is 0 Å². The van der Waals surface area contributed by atoms with Crippen molar-refractivity contribution in [3.8, 4) is 0 Å². The van der Waals surface area contributed by atoms with Crippen LogP contribution in [0.15, 0.2) is 12.2 Å². The molecule has 2 atom stereocenters. The summed E-state index contributed by atoms with van der Waals surface area (Å²) < 4.78 is 0. The topological polar surface area (TPSA) is 32.5 Å². The predicted molar refractivity (Wildman–Crippen MR) is 79.7 cm³/mol. The molecule has 0 aromatic carbocycles. The molecule has 106 valence electrons. The van der Waals surface area contributed by atoms with Crippen LogP contribution < -0.4 is 5.73 Å². The normalized spacial score (nSPS) is 23.4. The molecule has 0 radical (unpaired) electrons. The van der Waals surface area contributed by atoms with Crippen LogP contribution in [0, 0.1) is 5.92 Å². The van der Waals surface area contributed by atoms with Crippen molar-refractivity contribution >= 4 is 0 Å². The van der Waals surface area contributed by atoms with Gasteiger partial charge in [-0.05, 0) is 51.5 Å². The first kappa shape index (κ1) is 15.7. The molecular weight excluding hydrogens is 222 g/mol. The van der Waals surface area contributed by atoms with Crippen LogP contribution in [0.2, 0.25) is 0 Å². The van der Waals surface area contributed by atoms with Crippen LogP contribution in [0.1, 0.15) is 33.6 Å². The average molecular weight is 253 g/mol. The Kier molecular flexibility index (Phi) is 7.56. The van der Waals surface area contributed by atoms with E-state index in [4.69, 9.17) is 5.73 Å². The maximum Gasteiger partial charge on any atom is 0.0229 e. The molecule has 2 N–H and O–H groups in total. The molecule has 18 heavy (non-hydrogen) atoms. The molecule has 1 rings (SSSR count). The summed E-state index contributed by atoms with van der Waals surface area (Å²) in [5, 5.41) is 0. The zero-order chi connectivity index (χ0) is 13.4. The Morgan fingerprint density at radius 1 is 1.00 bits per heavy atom. The Morgan fingerprint density at radius 2 is 1.61 bits per heavy atom. The van der Waals surface area contributed by atoms with Crippen LogP contribution >= 0.6 is 0 Å². The predicted octanol–water partition coefficient (Wildman–Crippen LogP) is 1.94. The summed E-state index contributed by atoms with van der Waals surface area (Å²) in [6.45, 7) is 13.9. The van der Waals surface area contributed by atoms with Gasteiger partial charge in [0.05, 0.1) is 0 Å². The number of hydrogen-bond acceptors (Lipinski definition) is 3. The van der Waals surface area contributed by atoms with Crippen molar-refractivity contribution in [2.24, 2.45) is 11.7 Å². The molecule has 0 amide bonds. The lowest BCUT2D eigenvalue weighted by atomic mass is 10.1. The molecule has 0 fully saturated rings. The summed E-state index contributed by atoms with van der Waals surface area (Å²) >= 11 is 0. The molecule has 2 unspecified atom stereocenters. The van der Waals surface area contributed by atoms with E-state index in [1.54, 1.807) is 0 Å². The average Bonchev–Trinajstić information content (AvgIpc) is 2.78. The summed E-state index contributed by atoms with van der Waals surface area (Å²) in [4.78, 5) is 5.07. The lowest BCUT2D eigenvalue weighted by molar-refractivity contribution is 0.227. The van der Waals surface area contributed by atoms with Crippen molar-refractivity contribution in [3.63, 3.8) is 0 Å². The molecule has 0 aromatic heterocycles. The van der Waals surface area contributed by atoms with Crippen molar-refractivity contribution < 1.29 is 0 Å². The fraction of sp³-hybridized carbons (Fsp3) is 0.867. The van der Waals surface area contributed by atoms with Gasteiger partial charge in [0.25, 0.3) is 0 Å². The molecule has 0 spiro atoms. The summed E-state index contributed by atoms with van der Waals surface area (Å²) in [5.41, 5.74) is 5.91. The lowest BCUT2D eigenvalue weighted by Crippen LogP contribution is -2.33. The third kappa shape index (κ3) is 5.51. The summed E-state index contributed by atoms with van der Waals surface area (Å²) in [6.07, 6.45) is 6.87. The molecule has 0 saturated carbocycles. The molecule has 0 saturated heterocycles. The van der Waals surface area contributed by atoms with Gasteiger partial charge in [-0.3, -0.25) is 0 Å². The first-order valence-corrected chi connectivity index (χ1v) is 7.58. The van der Waals surface area contributed by atoms with Gasteiger partial charge in [0.2, 0.25) is 0 Å². The second kappa shape index (κ2) is 8.68. The second-order valence-corrected chi connectivity index (χ2v) is 5.32. The van der Waals surface area contributed by atoms with Crippen LogP contribution in [0.4, 0.5) is 0 Å². The van der Waals surface area contributed by atoms with E-state index in [-0.39, 0.29) is 0 Å². The molecule has 1 aliphatic rings. The van der Waals surface area contributed by atoms with E-state index in [2.05, 4.69) is 42.7 Å². The van der Waals surface area contributed by atoms with Crippen molar-refractivity contribution in [1.29, 1.82) is 0 Å². The van der Waals surface area contributed by atoms with E-state index in [0.29, 0.717) is 12.0 Å². The monoisotopic (exact) mass is 253 g/mol. The second-order valence-electron chi connectivity index (χ2n) is 5.32. The number of hydrogen-bond donors (Lipinski definition) is 1. The Morgan fingerprint density at radius 3 is 2.11 bits per heavy atom. The highest BCUT2D eigenvalue weighted by molar-refractivity contribution is 5.05. The van der Waals surface area contributed by atoms with E-state index >= 15 is 0 Å². The first-order chi connectivity index (χ1) is 8.69. The Labute approximate surface area is 113 Å². The van der Waals surface area contributed by atoms with Gasteiger partial charge in [0, 0.05) is 12.6 Å². The van der Waals surface area contributed by atoms with Gasteiger partial charge in [-0.2, -0.15) is 0 Å². The Balaban J connectivity index is 2.19. The number of nitrogens with two attached hydrogens (primary N) is 1. The molecule has 3 nitrogen and oxygen atoms in total. The van der Waals surface area contributed by atoms with E-state index in [9.17, 15) is 0 Å². The largest absolute Gasteiger partial charge is 0.324 e. The standard InChI is InChI=1S/C15H31N3/c1-4-17(5-2)10-7-11-18(6-3)13-14-8-9-15(16)12-14/h8-9,14-15H,4-7,10-13,16H2,1-3H3. The van der Waals surface area contributed by atoms with Gasteiger partial charge in [-0.25, -0.2) is 0 Å². The highest BCUT2D eigenvalue weighted by Gasteiger charge is 2.17. The molecule has 1 aliphatic carbocycles. The van der Waals surface area contributed by atoms with Crippen molar-refractivity contribution in [2.75, 3.05) is 39.3 Å². The van der Waals surface area contributed by atoms with Gasteiger partial charge < -0.3 is 15.5 Å². The fourth-order valence-electron chi connectivity index (χ4n) is 2.71. The Bertz CT molecular complexity index is 236. The molecule has 0 bridgehead atoms. The highest BCUT2D eigenvalue weighted by Crippen LogP contribution is 2.17. The van der Waals surface area contributed by atoms with Crippen LogP contribution in [-0.4, -0.2) is 55.1 Å². The van der Waals surface area contributed by atoms with Crippen LogP contribution in [0.25, 0.3) is 0 Å². The highest BCUT2D eigenvalue weighted by atomic mass is 15.1. The number of nitrogens with zero attached hydrogens (tertiary/aromatic N) is 2. The van der Waals surface area contributed by atoms with E-state index in [1.807, 2.05) is 0 Å².